The molecule has 0 aliphatic rings. The number of rotatable bonds is 3. The van der Waals surface area contributed by atoms with Gasteiger partial charge in [0.25, 0.3) is 0 Å². The lowest BCUT2D eigenvalue weighted by Gasteiger charge is -1.97. The molecule has 1 heterocycles. The monoisotopic (exact) mass is 217 g/mol. The summed E-state index contributed by atoms with van der Waals surface area (Å²) in [6.07, 6.45) is 1.39. The van der Waals surface area contributed by atoms with Gasteiger partial charge >= 0.3 is 0 Å². The lowest BCUT2D eigenvalue weighted by Crippen LogP contribution is -1.98. The maximum atomic E-state index is 12.0. The first-order valence-electron chi connectivity index (χ1n) is 5.46. The number of nitrogen functional groups attached to an aromatic ring is 1. The van der Waals surface area contributed by atoms with Crippen molar-refractivity contribution in [2.45, 2.75) is 26.7 Å². The fourth-order valence-corrected chi connectivity index (χ4v) is 1.96. The fraction of sp³-hybridized carbons (Fsp3) is 0.308. The zero-order valence-electron chi connectivity index (χ0n) is 9.54. The first-order valence-corrected chi connectivity index (χ1v) is 5.46. The normalized spacial score (nSPS) is 10.9. The van der Waals surface area contributed by atoms with E-state index in [0.717, 1.165) is 11.8 Å². The number of carbonyl (C=O) groups is 1. The Morgan fingerprint density at radius 1 is 1.44 bits per heavy atom. The number of benzene rings is 1. The van der Waals surface area contributed by atoms with Crippen molar-refractivity contribution >= 4 is 22.4 Å². The molecule has 0 saturated carbocycles. The van der Waals surface area contributed by atoms with Crippen LogP contribution >= 0.6 is 0 Å². The summed E-state index contributed by atoms with van der Waals surface area (Å²) in [6.45, 7) is 3.80. The molecule has 16 heavy (non-hydrogen) atoms. The van der Waals surface area contributed by atoms with Gasteiger partial charge in [-0.15, -0.1) is 0 Å². The van der Waals surface area contributed by atoms with Crippen LogP contribution in [0.4, 0.5) is 5.69 Å². The molecule has 0 aliphatic carbocycles. The van der Waals surface area contributed by atoms with Crippen molar-refractivity contribution in [1.82, 2.24) is 0 Å². The molecule has 0 atom stereocenters. The highest BCUT2D eigenvalue weighted by Gasteiger charge is 2.18. The Hall–Kier alpha value is -1.77. The number of ketones is 1. The number of Topliss-reactive ketones (excluding diaryl/α,β-unsaturated/α-hetero) is 1. The molecular weight excluding hydrogens is 202 g/mol. The number of furan rings is 1. The van der Waals surface area contributed by atoms with Crippen molar-refractivity contribution in [3.8, 4) is 0 Å². The Morgan fingerprint density at radius 3 is 2.88 bits per heavy atom. The molecule has 0 bridgehead atoms. The molecule has 0 spiro atoms. The molecule has 1 aromatic heterocycles. The highest BCUT2D eigenvalue weighted by molar-refractivity contribution is 6.10. The van der Waals surface area contributed by atoms with Gasteiger partial charge < -0.3 is 10.2 Å². The number of hydrogen-bond donors (Lipinski definition) is 1. The van der Waals surface area contributed by atoms with Gasteiger partial charge in [-0.3, -0.25) is 4.79 Å². The van der Waals surface area contributed by atoms with Gasteiger partial charge in [0, 0.05) is 11.8 Å². The quantitative estimate of drug-likeness (QED) is 0.633. The largest absolute Gasteiger partial charge is 0.458 e. The maximum absolute atomic E-state index is 12.0. The van der Waals surface area contributed by atoms with Crippen molar-refractivity contribution in [1.29, 1.82) is 0 Å². The van der Waals surface area contributed by atoms with E-state index in [4.69, 9.17) is 10.2 Å². The summed E-state index contributed by atoms with van der Waals surface area (Å²) in [4.78, 5) is 12.0. The second-order valence-corrected chi connectivity index (χ2v) is 3.93. The van der Waals surface area contributed by atoms with Crippen molar-refractivity contribution in [3.63, 3.8) is 0 Å². The predicted octanol–water partition coefficient (Wildman–Crippen LogP) is 3.31. The SMILES string of the molecule is CCCC(=O)c1c(C)oc2c(N)cccc12. The fourth-order valence-electron chi connectivity index (χ4n) is 1.96. The molecule has 3 nitrogen and oxygen atoms in total. The molecule has 3 heteroatoms. The third kappa shape index (κ3) is 1.58. The number of fused-ring (bicyclic) bond motifs is 1. The van der Waals surface area contributed by atoms with E-state index in [1.807, 2.05) is 26.0 Å². The number of para-hydroxylation sites is 1. The predicted molar refractivity (Wildman–Crippen MR) is 64.6 cm³/mol. The van der Waals surface area contributed by atoms with Crippen LogP contribution in [0.2, 0.25) is 0 Å². The van der Waals surface area contributed by atoms with E-state index in [0.29, 0.717) is 29.0 Å². The number of carbonyl (C=O) groups excluding carboxylic acids is 1. The van der Waals surface area contributed by atoms with Gasteiger partial charge in [-0.1, -0.05) is 19.1 Å². The standard InChI is InChI=1S/C13H15NO2/c1-3-5-11(15)12-8(2)16-13-9(12)6-4-7-10(13)14/h4,6-7H,3,5,14H2,1-2H3. The molecule has 2 N–H and O–H groups in total. The molecule has 0 saturated heterocycles. The summed E-state index contributed by atoms with van der Waals surface area (Å²) in [6, 6.07) is 5.50. The van der Waals surface area contributed by atoms with Gasteiger partial charge in [0.2, 0.25) is 0 Å². The van der Waals surface area contributed by atoms with Gasteiger partial charge in [0.15, 0.2) is 11.4 Å². The minimum absolute atomic E-state index is 0.129. The highest BCUT2D eigenvalue weighted by Crippen LogP contribution is 2.30. The van der Waals surface area contributed by atoms with Crippen LogP contribution in [-0.2, 0) is 0 Å². The van der Waals surface area contributed by atoms with Gasteiger partial charge in [-0.05, 0) is 19.4 Å². The summed E-state index contributed by atoms with van der Waals surface area (Å²) in [5.41, 5.74) is 7.70. The van der Waals surface area contributed by atoms with Crippen LogP contribution in [0.1, 0.15) is 35.9 Å². The molecule has 1 aromatic carbocycles. The minimum atomic E-state index is 0.129. The van der Waals surface area contributed by atoms with Crippen LogP contribution in [0.15, 0.2) is 22.6 Å². The Morgan fingerprint density at radius 2 is 2.19 bits per heavy atom. The molecule has 2 aromatic rings. The Bertz CT molecular complexity index is 540. The summed E-state index contributed by atoms with van der Waals surface area (Å²) in [7, 11) is 0. The summed E-state index contributed by atoms with van der Waals surface area (Å²) >= 11 is 0. The van der Waals surface area contributed by atoms with Crippen molar-refractivity contribution in [2.24, 2.45) is 0 Å². The van der Waals surface area contributed by atoms with Gasteiger partial charge in [-0.25, -0.2) is 0 Å². The number of hydrogen-bond acceptors (Lipinski definition) is 3. The van der Waals surface area contributed by atoms with Crippen LogP contribution in [0.3, 0.4) is 0 Å². The van der Waals surface area contributed by atoms with Crippen LogP contribution in [0, 0.1) is 6.92 Å². The van der Waals surface area contributed by atoms with Crippen molar-refractivity contribution in [3.05, 3.63) is 29.5 Å². The van der Waals surface area contributed by atoms with E-state index in [1.54, 1.807) is 6.07 Å². The maximum Gasteiger partial charge on any atom is 0.166 e. The number of nitrogens with two attached hydrogens (primary N) is 1. The Kier molecular flexibility index (Phi) is 2.69. The topological polar surface area (TPSA) is 56.2 Å². The van der Waals surface area contributed by atoms with Gasteiger partial charge in [0.1, 0.15) is 5.76 Å². The molecule has 84 valence electrons. The van der Waals surface area contributed by atoms with Gasteiger partial charge in [0.05, 0.1) is 11.3 Å². The molecule has 0 fully saturated rings. The van der Waals surface area contributed by atoms with Crippen LogP contribution in [0.25, 0.3) is 11.0 Å². The van der Waals surface area contributed by atoms with Crippen molar-refractivity contribution < 1.29 is 9.21 Å². The molecule has 0 radical (unpaired) electrons. The highest BCUT2D eigenvalue weighted by atomic mass is 16.3. The van der Waals surface area contributed by atoms with E-state index >= 15 is 0 Å². The third-order valence-corrected chi connectivity index (χ3v) is 2.68. The summed E-state index contributed by atoms with van der Waals surface area (Å²) < 4.78 is 5.55. The number of anilines is 1. The van der Waals surface area contributed by atoms with E-state index in [1.165, 1.54) is 0 Å². The average Bonchev–Trinajstić information content (AvgIpc) is 2.56. The van der Waals surface area contributed by atoms with Crippen LogP contribution < -0.4 is 5.73 Å². The average molecular weight is 217 g/mol. The Balaban J connectivity index is 2.65. The molecule has 2 rings (SSSR count). The smallest absolute Gasteiger partial charge is 0.166 e. The zero-order valence-corrected chi connectivity index (χ0v) is 9.54. The summed E-state index contributed by atoms with van der Waals surface area (Å²) in [5, 5.41) is 0.830. The van der Waals surface area contributed by atoms with Crippen LogP contribution in [0.5, 0.6) is 0 Å². The van der Waals surface area contributed by atoms with Crippen LogP contribution in [-0.4, -0.2) is 5.78 Å². The van der Waals surface area contributed by atoms with Gasteiger partial charge in [-0.2, -0.15) is 0 Å². The number of aryl methyl sites for hydroxylation is 1. The first-order chi connectivity index (χ1) is 7.65. The van der Waals surface area contributed by atoms with E-state index in [2.05, 4.69) is 0 Å². The zero-order chi connectivity index (χ0) is 11.7. The molecule has 0 amide bonds. The third-order valence-electron chi connectivity index (χ3n) is 2.68. The Labute approximate surface area is 94.2 Å². The van der Waals surface area contributed by atoms with E-state index < -0.39 is 0 Å². The second-order valence-electron chi connectivity index (χ2n) is 3.93. The molecular formula is C13H15NO2. The minimum Gasteiger partial charge on any atom is -0.458 e. The molecule has 0 unspecified atom stereocenters. The molecule has 0 aliphatic heterocycles. The summed E-state index contributed by atoms with van der Waals surface area (Å²) in [5.74, 6) is 0.788. The lowest BCUT2D eigenvalue weighted by molar-refractivity contribution is 0.0981. The van der Waals surface area contributed by atoms with Crippen molar-refractivity contribution in [2.75, 3.05) is 5.73 Å². The van der Waals surface area contributed by atoms with E-state index in [-0.39, 0.29) is 5.78 Å². The lowest BCUT2D eigenvalue weighted by atomic mass is 10.0. The second kappa shape index (κ2) is 4.00. The first kappa shape index (κ1) is 10.7. The van der Waals surface area contributed by atoms with E-state index in [9.17, 15) is 4.79 Å².